The van der Waals surface area contributed by atoms with Crippen LogP contribution in [0.2, 0.25) is 0 Å². The zero-order chi connectivity index (χ0) is 15.8. The summed E-state index contributed by atoms with van der Waals surface area (Å²) >= 11 is 0. The van der Waals surface area contributed by atoms with Crippen molar-refractivity contribution < 1.29 is 52.7 Å². The minimum atomic E-state index is -6.75. The van der Waals surface area contributed by atoms with Gasteiger partial charge in [-0.3, -0.25) is 0 Å². The van der Waals surface area contributed by atoms with E-state index in [9.17, 15) is 52.7 Å². The molecule has 0 aromatic rings. The topological polar surface area (TPSA) is 0 Å². The Balaban J connectivity index is 5.89. The molecule has 0 aliphatic rings. The highest BCUT2D eigenvalue weighted by atomic mass is 19.4. The maximum absolute atomic E-state index is 12.3. The number of alkyl halides is 8. The number of hydrogen-bond acceptors (Lipinski definition) is 0. The van der Waals surface area contributed by atoms with Crippen molar-refractivity contribution in [1.82, 2.24) is 0 Å². The Labute approximate surface area is 95.5 Å². The second kappa shape index (κ2) is 4.96. The number of halogens is 12. The van der Waals surface area contributed by atoms with Crippen LogP contribution in [0.25, 0.3) is 0 Å². The predicted octanol–water partition coefficient (Wildman–Crippen LogP) is 5.05. The second-order valence-corrected chi connectivity index (χ2v) is 2.83. The summed E-state index contributed by atoms with van der Waals surface area (Å²) in [6.45, 7) is 0. The fourth-order valence-corrected chi connectivity index (χ4v) is 0.579. The zero-order valence-corrected chi connectivity index (χ0v) is 8.04. The summed E-state index contributed by atoms with van der Waals surface area (Å²) in [7, 11) is 0. The third kappa shape index (κ3) is 3.56. The molecule has 0 atom stereocenters. The van der Waals surface area contributed by atoms with Crippen LogP contribution in [0.1, 0.15) is 0 Å². The minimum Gasteiger partial charge on any atom is -0.201 e. The summed E-state index contributed by atoms with van der Waals surface area (Å²) in [6, 6.07) is 0. The molecule has 0 nitrogen and oxygen atoms in total. The molecule has 0 saturated carbocycles. The Hall–Kier alpha value is -1.36. The average molecular weight is 312 g/mol. The van der Waals surface area contributed by atoms with Crippen LogP contribution in [-0.2, 0) is 0 Å². The fourth-order valence-electron chi connectivity index (χ4n) is 0.579. The Kier molecular flexibility index (Phi) is 4.61. The minimum absolute atomic E-state index is 3.85. The van der Waals surface area contributed by atoms with Gasteiger partial charge in [-0.2, -0.15) is 39.5 Å². The molecule has 0 spiro atoms. The van der Waals surface area contributed by atoms with E-state index in [-0.39, 0.29) is 0 Å². The van der Waals surface area contributed by atoms with Gasteiger partial charge in [-0.1, -0.05) is 0 Å². The van der Waals surface area contributed by atoms with Gasteiger partial charge in [0.15, 0.2) is 5.83 Å². The van der Waals surface area contributed by atoms with E-state index in [4.69, 9.17) is 0 Å². The highest BCUT2D eigenvalue weighted by Crippen LogP contribution is 2.45. The molecule has 112 valence electrons. The average Bonchev–Trinajstić information content (AvgIpc) is 2.21. The van der Waals surface area contributed by atoms with E-state index in [1.165, 1.54) is 0 Å². The van der Waals surface area contributed by atoms with Gasteiger partial charge in [0, 0.05) is 0 Å². The molecule has 0 unspecified atom stereocenters. The lowest BCUT2D eigenvalue weighted by Crippen LogP contribution is -2.37. The molecular weight excluding hydrogens is 312 g/mol. The molecule has 0 bridgehead atoms. The summed E-state index contributed by atoms with van der Waals surface area (Å²) in [5.41, 5.74) is 0. The summed E-state index contributed by atoms with van der Waals surface area (Å²) in [4.78, 5) is 0. The van der Waals surface area contributed by atoms with Crippen molar-refractivity contribution in [3.63, 3.8) is 0 Å². The Morgan fingerprint density at radius 1 is 0.526 bits per heavy atom. The maximum Gasteiger partial charge on any atom is 0.460 e. The molecule has 0 heterocycles. The van der Waals surface area contributed by atoms with E-state index in [2.05, 4.69) is 0 Å². The van der Waals surface area contributed by atoms with Crippen LogP contribution in [0.4, 0.5) is 52.7 Å². The molecule has 0 rings (SSSR count). The van der Waals surface area contributed by atoms with Crippen LogP contribution in [0.5, 0.6) is 0 Å². The third-order valence-electron chi connectivity index (χ3n) is 1.46. The smallest absolute Gasteiger partial charge is 0.201 e. The molecular formula is C7F12. The summed E-state index contributed by atoms with van der Waals surface area (Å²) in [5, 5.41) is 0. The zero-order valence-electron chi connectivity index (χ0n) is 8.04. The first-order chi connectivity index (χ1) is 8.14. The normalized spacial score (nSPS) is 17.1. The molecule has 0 aliphatic heterocycles. The first-order valence-electron chi connectivity index (χ1n) is 3.77. The molecule has 0 aromatic carbocycles. The van der Waals surface area contributed by atoms with E-state index in [0.29, 0.717) is 0 Å². The lowest BCUT2D eigenvalue weighted by atomic mass is 10.2. The summed E-state index contributed by atoms with van der Waals surface area (Å²) in [6.07, 6.45) is -13.0. The first kappa shape index (κ1) is 17.6. The van der Waals surface area contributed by atoms with Crippen molar-refractivity contribution in [3.8, 4) is 0 Å². The van der Waals surface area contributed by atoms with Crippen molar-refractivity contribution in [1.29, 1.82) is 0 Å². The fraction of sp³-hybridized carbons (Fsp3) is 0.429. The van der Waals surface area contributed by atoms with Crippen LogP contribution in [-0.4, -0.2) is 18.3 Å². The van der Waals surface area contributed by atoms with Gasteiger partial charge in [0.05, 0.1) is 0 Å². The van der Waals surface area contributed by atoms with Crippen molar-refractivity contribution in [2.45, 2.75) is 18.3 Å². The van der Waals surface area contributed by atoms with Gasteiger partial charge in [-0.05, 0) is 0 Å². The highest BCUT2D eigenvalue weighted by molar-refractivity contribution is 5.29. The highest BCUT2D eigenvalue weighted by Gasteiger charge is 2.63. The van der Waals surface area contributed by atoms with Crippen molar-refractivity contribution in [2.24, 2.45) is 0 Å². The van der Waals surface area contributed by atoms with Crippen molar-refractivity contribution >= 4 is 0 Å². The monoisotopic (exact) mass is 312 g/mol. The lowest BCUT2D eigenvalue weighted by Gasteiger charge is -2.17. The van der Waals surface area contributed by atoms with Gasteiger partial charge in [-0.25, -0.2) is 13.2 Å². The lowest BCUT2D eigenvalue weighted by molar-refractivity contribution is -0.271. The van der Waals surface area contributed by atoms with E-state index >= 15 is 0 Å². The first-order valence-corrected chi connectivity index (χ1v) is 3.77. The molecule has 0 aromatic heterocycles. The van der Waals surface area contributed by atoms with E-state index < -0.39 is 41.6 Å². The number of hydrogen-bond donors (Lipinski definition) is 0. The SMILES string of the molecule is FC(C(F)=C(F)C(F)(F)C(F)(F)F)=C(F)C(F)(F)F. The molecule has 0 radical (unpaired) electrons. The van der Waals surface area contributed by atoms with E-state index in [1.807, 2.05) is 0 Å². The largest absolute Gasteiger partial charge is 0.460 e. The molecule has 0 saturated heterocycles. The molecule has 0 fully saturated rings. The third-order valence-corrected chi connectivity index (χ3v) is 1.46. The van der Waals surface area contributed by atoms with Crippen LogP contribution >= 0.6 is 0 Å². The van der Waals surface area contributed by atoms with E-state index in [0.717, 1.165) is 0 Å². The van der Waals surface area contributed by atoms with Gasteiger partial charge in [0.2, 0.25) is 17.5 Å². The van der Waals surface area contributed by atoms with Gasteiger partial charge in [0.25, 0.3) is 0 Å². The Bertz CT molecular complexity index is 405. The summed E-state index contributed by atoms with van der Waals surface area (Å²) in [5.74, 6) is -22.6. The van der Waals surface area contributed by atoms with Crippen molar-refractivity contribution in [2.75, 3.05) is 0 Å². The molecule has 0 N–H and O–H groups in total. The molecule has 12 heteroatoms. The van der Waals surface area contributed by atoms with Crippen molar-refractivity contribution in [3.05, 3.63) is 23.3 Å². The molecule has 19 heavy (non-hydrogen) atoms. The summed E-state index contributed by atoms with van der Waals surface area (Å²) < 4.78 is 142. The number of rotatable bonds is 2. The second-order valence-electron chi connectivity index (χ2n) is 2.83. The van der Waals surface area contributed by atoms with E-state index in [1.54, 1.807) is 0 Å². The van der Waals surface area contributed by atoms with Gasteiger partial charge in [0.1, 0.15) is 0 Å². The predicted molar refractivity (Wildman–Crippen MR) is 35.5 cm³/mol. The Morgan fingerprint density at radius 2 is 0.842 bits per heavy atom. The van der Waals surface area contributed by atoms with Crippen LogP contribution in [0.15, 0.2) is 23.3 Å². The van der Waals surface area contributed by atoms with Gasteiger partial charge < -0.3 is 0 Å². The van der Waals surface area contributed by atoms with Gasteiger partial charge >= 0.3 is 18.3 Å². The maximum atomic E-state index is 12.3. The molecule has 0 aliphatic carbocycles. The van der Waals surface area contributed by atoms with Crippen LogP contribution in [0.3, 0.4) is 0 Å². The number of allylic oxidation sites excluding steroid dienone is 4. The molecule has 0 amide bonds. The van der Waals surface area contributed by atoms with Crippen LogP contribution in [0, 0.1) is 0 Å². The standard InChI is InChI=1S/C7F12/c8-1(2(9)4(11)6(14,15)16)3(10)5(12,13)7(17,18)19. The van der Waals surface area contributed by atoms with Gasteiger partial charge in [-0.15, -0.1) is 0 Å². The quantitative estimate of drug-likeness (QED) is 0.494. The Morgan fingerprint density at radius 3 is 1.11 bits per heavy atom. The van der Waals surface area contributed by atoms with Crippen LogP contribution < -0.4 is 0 Å².